The van der Waals surface area contributed by atoms with Crippen LogP contribution in [0.2, 0.25) is 0 Å². The van der Waals surface area contributed by atoms with Crippen LogP contribution in [0.4, 0.5) is 18.9 Å². The maximum Gasteiger partial charge on any atom is 0.416 e. The number of nitrogens with zero attached hydrogens (tertiary/aromatic N) is 4. The molecule has 0 aliphatic carbocycles. The first-order valence-corrected chi connectivity index (χ1v) is 8.27. The Labute approximate surface area is 140 Å². The fourth-order valence-corrected chi connectivity index (χ4v) is 3.13. The molecule has 25 heavy (non-hydrogen) atoms. The number of alkyl halides is 3. The molecule has 0 amide bonds. The fourth-order valence-electron chi connectivity index (χ4n) is 2.05. The zero-order valence-corrected chi connectivity index (χ0v) is 13.2. The number of nitrogens with one attached hydrogen (secondary N) is 1. The lowest BCUT2D eigenvalue weighted by Crippen LogP contribution is -2.14. The molecule has 130 valence electrons. The molecule has 1 heterocycles. The minimum atomic E-state index is -4.57. The summed E-state index contributed by atoms with van der Waals surface area (Å²) in [7, 11) is -4.09. The number of tetrazole rings is 1. The van der Waals surface area contributed by atoms with Gasteiger partial charge < -0.3 is 0 Å². The van der Waals surface area contributed by atoms with E-state index in [2.05, 4.69) is 20.2 Å². The molecule has 0 spiro atoms. The summed E-state index contributed by atoms with van der Waals surface area (Å²) in [6.07, 6.45) is -3.28. The molecule has 3 aromatic rings. The first-order valence-electron chi connectivity index (χ1n) is 6.79. The van der Waals surface area contributed by atoms with E-state index in [9.17, 15) is 21.6 Å². The van der Waals surface area contributed by atoms with Crippen molar-refractivity contribution in [1.29, 1.82) is 0 Å². The third-order valence-corrected chi connectivity index (χ3v) is 4.56. The van der Waals surface area contributed by atoms with E-state index in [4.69, 9.17) is 0 Å². The summed E-state index contributed by atoms with van der Waals surface area (Å²) in [6, 6.07) is 9.60. The van der Waals surface area contributed by atoms with Crippen LogP contribution in [0.25, 0.3) is 5.69 Å². The highest BCUT2D eigenvalue weighted by Gasteiger charge is 2.30. The number of benzene rings is 2. The molecule has 0 aliphatic heterocycles. The van der Waals surface area contributed by atoms with Gasteiger partial charge in [0, 0.05) is 5.69 Å². The maximum atomic E-state index is 12.7. The summed E-state index contributed by atoms with van der Waals surface area (Å²) >= 11 is 0. The Kier molecular flexibility index (Phi) is 4.17. The van der Waals surface area contributed by atoms with Gasteiger partial charge in [-0.3, -0.25) is 4.72 Å². The predicted molar refractivity (Wildman–Crippen MR) is 81.4 cm³/mol. The number of halogens is 3. The zero-order valence-electron chi connectivity index (χ0n) is 12.3. The van der Waals surface area contributed by atoms with Gasteiger partial charge in [0.1, 0.15) is 6.33 Å². The minimum Gasteiger partial charge on any atom is -0.280 e. The summed E-state index contributed by atoms with van der Waals surface area (Å²) in [5, 5.41) is 10.6. The molecular formula is C14H10F3N5O2S. The molecule has 0 saturated heterocycles. The van der Waals surface area contributed by atoms with Crippen LogP contribution in [-0.4, -0.2) is 28.6 Å². The Balaban J connectivity index is 1.92. The molecule has 0 unspecified atom stereocenters. The van der Waals surface area contributed by atoms with Crippen LogP contribution in [-0.2, 0) is 16.2 Å². The van der Waals surface area contributed by atoms with Gasteiger partial charge in [0.05, 0.1) is 16.1 Å². The van der Waals surface area contributed by atoms with Gasteiger partial charge in [0.2, 0.25) is 0 Å². The highest BCUT2D eigenvalue weighted by molar-refractivity contribution is 7.92. The molecule has 11 heteroatoms. The second-order valence-electron chi connectivity index (χ2n) is 4.94. The molecule has 0 radical (unpaired) electrons. The van der Waals surface area contributed by atoms with Gasteiger partial charge in [-0.05, 0) is 46.8 Å². The van der Waals surface area contributed by atoms with Crippen molar-refractivity contribution in [3.63, 3.8) is 0 Å². The number of aromatic nitrogens is 4. The molecule has 0 fully saturated rings. The third kappa shape index (κ3) is 3.76. The van der Waals surface area contributed by atoms with Crippen LogP contribution >= 0.6 is 0 Å². The average Bonchev–Trinajstić information content (AvgIpc) is 3.08. The van der Waals surface area contributed by atoms with E-state index in [1.54, 1.807) is 6.07 Å². The summed E-state index contributed by atoms with van der Waals surface area (Å²) in [4.78, 5) is -0.141. The topological polar surface area (TPSA) is 89.8 Å². The van der Waals surface area contributed by atoms with E-state index in [0.717, 1.165) is 18.2 Å². The molecule has 0 atom stereocenters. The number of anilines is 1. The Morgan fingerprint density at radius 2 is 1.80 bits per heavy atom. The molecule has 0 bridgehead atoms. The first-order chi connectivity index (χ1) is 11.8. The van der Waals surface area contributed by atoms with Gasteiger partial charge in [-0.25, -0.2) is 13.1 Å². The maximum absolute atomic E-state index is 12.7. The van der Waals surface area contributed by atoms with E-state index in [1.165, 1.54) is 35.3 Å². The number of hydrogen-bond acceptors (Lipinski definition) is 5. The van der Waals surface area contributed by atoms with Crippen LogP contribution in [0.15, 0.2) is 59.8 Å². The smallest absolute Gasteiger partial charge is 0.280 e. The summed E-state index contributed by atoms with van der Waals surface area (Å²) in [5.74, 6) is 0. The van der Waals surface area contributed by atoms with E-state index < -0.39 is 21.8 Å². The Morgan fingerprint density at radius 3 is 2.48 bits per heavy atom. The Hall–Kier alpha value is -2.95. The molecule has 7 nitrogen and oxygen atoms in total. The minimum absolute atomic E-state index is 0.141. The van der Waals surface area contributed by atoms with E-state index in [1.807, 2.05) is 0 Å². The SMILES string of the molecule is O=S(=O)(Nc1cccc(C(F)(F)F)c1)c1cccc(-n2cnnn2)c1. The lowest BCUT2D eigenvalue weighted by atomic mass is 10.2. The van der Waals surface area contributed by atoms with Crippen molar-refractivity contribution in [1.82, 2.24) is 20.2 Å². The summed E-state index contributed by atoms with van der Waals surface area (Å²) in [6.45, 7) is 0. The van der Waals surface area contributed by atoms with Crippen molar-refractivity contribution in [3.05, 3.63) is 60.4 Å². The lowest BCUT2D eigenvalue weighted by molar-refractivity contribution is -0.137. The van der Waals surface area contributed by atoms with Crippen LogP contribution in [0, 0.1) is 0 Å². The third-order valence-electron chi connectivity index (χ3n) is 3.18. The molecule has 1 aromatic heterocycles. The van der Waals surface area contributed by atoms with Gasteiger partial charge in [-0.15, -0.1) is 5.10 Å². The van der Waals surface area contributed by atoms with Crippen molar-refractivity contribution >= 4 is 15.7 Å². The highest BCUT2D eigenvalue weighted by atomic mass is 32.2. The number of sulfonamides is 1. The molecule has 2 aromatic carbocycles. The summed E-state index contributed by atoms with van der Waals surface area (Å²) in [5.41, 5.74) is -0.755. The van der Waals surface area contributed by atoms with E-state index >= 15 is 0 Å². The van der Waals surface area contributed by atoms with Crippen molar-refractivity contribution in [2.24, 2.45) is 0 Å². The molecule has 1 N–H and O–H groups in total. The van der Waals surface area contributed by atoms with Crippen molar-refractivity contribution in [2.75, 3.05) is 4.72 Å². The number of hydrogen-bond donors (Lipinski definition) is 1. The zero-order chi connectivity index (χ0) is 18.1. The number of rotatable bonds is 4. The standard InChI is InChI=1S/C14H10F3N5O2S/c15-14(16,17)10-3-1-4-11(7-10)19-25(23,24)13-6-2-5-12(8-13)22-9-18-20-21-22/h1-9,19H. The van der Waals surface area contributed by atoms with E-state index in [-0.39, 0.29) is 10.6 Å². The van der Waals surface area contributed by atoms with Crippen LogP contribution < -0.4 is 4.72 Å². The van der Waals surface area contributed by atoms with Crippen LogP contribution in [0.3, 0.4) is 0 Å². The second-order valence-corrected chi connectivity index (χ2v) is 6.62. The fraction of sp³-hybridized carbons (Fsp3) is 0.0714. The van der Waals surface area contributed by atoms with Crippen LogP contribution in [0.1, 0.15) is 5.56 Å². The first kappa shape index (κ1) is 16.9. The van der Waals surface area contributed by atoms with Crippen molar-refractivity contribution < 1.29 is 21.6 Å². The van der Waals surface area contributed by atoms with Gasteiger partial charge in [-0.2, -0.15) is 13.2 Å². The van der Waals surface area contributed by atoms with Crippen molar-refractivity contribution in [3.8, 4) is 5.69 Å². The largest absolute Gasteiger partial charge is 0.416 e. The normalized spacial score (nSPS) is 12.1. The van der Waals surface area contributed by atoms with Gasteiger partial charge >= 0.3 is 6.18 Å². The quantitative estimate of drug-likeness (QED) is 0.763. The van der Waals surface area contributed by atoms with Crippen molar-refractivity contribution in [2.45, 2.75) is 11.1 Å². The summed E-state index contributed by atoms with van der Waals surface area (Å²) < 4.78 is 66.5. The molecule has 3 rings (SSSR count). The monoisotopic (exact) mass is 369 g/mol. The van der Waals surface area contributed by atoms with E-state index in [0.29, 0.717) is 5.69 Å². The predicted octanol–water partition coefficient (Wildman–Crippen LogP) is 2.48. The van der Waals surface area contributed by atoms with Crippen LogP contribution in [0.5, 0.6) is 0 Å². The average molecular weight is 369 g/mol. The van der Waals surface area contributed by atoms with Gasteiger partial charge in [0.15, 0.2) is 0 Å². The lowest BCUT2D eigenvalue weighted by Gasteiger charge is -2.12. The highest BCUT2D eigenvalue weighted by Crippen LogP contribution is 2.31. The Morgan fingerprint density at radius 1 is 1.04 bits per heavy atom. The Bertz CT molecular complexity index is 988. The molecule has 0 saturated carbocycles. The second kappa shape index (κ2) is 6.16. The van der Waals surface area contributed by atoms with Gasteiger partial charge in [0.25, 0.3) is 10.0 Å². The molecule has 0 aliphatic rings. The van der Waals surface area contributed by atoms with Gasteiger partial charge in [-0.1, -0.05) is 12.1 Å². The molecular weight excluding hydrogens is 359 g/mol.